The second kappa shape index (κ2) is 6.55. The average Bonchev–Trinajstić information content (AvgIpc) is 2.45. The minimum absolute atomic E-state index is 0.197. The smallest absolute Gasteiger partial charge is 0.131 e. The topological polar surface area (TPSA) is 41.5 Å². The minimum atomic E-state index is -0.648. The molecule has 2 N–H and O–H groups in total. The van der Waals surface area contributed by atoms with Crippen molar-refractivity contribution in [3.63, 3.8) is 0 Å². The van der Waals surface area contributed by atoms with E-state index >= 15 is 0 Å². The summed E-state index contributed by atoms with van der Waals surface area (Å²) in [5.41, 5.74) is -0.125. The van der Waals surface area contributed by atoms with Gasteiger partial charge in [0.15, 0.2) is 0 Å². The van der Waals surface area contributed by atoms with E-state index in [-0.39, 0.29) is 11.9 Å². The molecule has 0 spiro atoms. The Morgan fingerprint density at radius 2 is 2.05 bits per heavy atom. The summed E-state index contributed by atoms with van der Waals surface area (Å²) in [5.74, 6) is 0.264. The first-order valence-corrected chi connectivity index (χ1v) is 7.34. The number of ether oxygens (including phenoxy) is 1. The van der Waals surface area contributed by atoms with Crippen molar-refractivity contribution in [3.05, 3.63) is 29.6 Å². The van der Waals surface area contributed by atoms with E-state index in [0.717, 1.165) is 25.7 Å². The first-order valence-electron chi connectivity index (χ1n) is 7.34. The molecule has 4 heteroatoms. The van der Waals surface area contributed by atoms with Crippen molar-refractivity contribution in [1.29, 1.82) is 0 Å². The van der Waals surface area contributed by atoms with Crippen LogP contribution in [0, 0.1) is 5.82 Å². The van der Waals surface area contributed by atoms with Crippen LogP contribution in [-0.4, -0.2) is 24.4 Å². The maximum Gasteiger partial charge on any atom is 0.131 e. The molecule has 1 unspecified atom stereocenters. The summed E-state index contributed by atoms with van der Waals surface area (Å²) in [6.45, 7) is 2.39. The van der Waals surface area contributed by atoms with Gasteiger partial charge in [0, 0.05) is 18.2 Å². The number of hydrogen-bond acceptors (Lipinski definition) is 3. The number of methoxy groups -OCH3 is 1. The number of halogens is 1. The number of rotatable bonds is 5. The van der Waals surface area contributed by atoms with Crippen LogP contribution in [0.15, 0.2) is 18.2 Å². The van der Waals surface area contributed by atoms with Gasteiger partial charge in [0.2, 0.25) is 0 Å². The first-order chi connectivity index (χ1) is 9.56. The molecule has 0 amide bonds. The Labute approximate surface area is 120 Å². The zero-order chi connectivity index (χ0) is 14.6. The molecule has 0 aromatic heterocycles. The standard InChI is InChI=1S/C16H24FNO2/c1-12(15-13(17)7-6-8-14(15)20-2)18-11-16(19)9-4-3-5-10-16/h6-8,12,18-19H,3-5,9-11H2,1-2H3. The van der Waals surface area contributed by atoms with Gasteiger partial charge in [0.25, 0.3) is 0 Å². The van der Waals surface area contributed by atoms with Crippen LogP contribution in [0.4, 0.5) is 4.39 Å². The maximum atomic E-state index is 14.0. The summed E-state index contributed by atoms with van der Waals surface area (Å²) in [4.78, 5) is 0. The van der Waals surface area contributed by atoms with Gasteiger partial charge in [-0.3, -0.25) is 0 Å². The second-order valence-corrected chi connectivity index (χ2v) is 5.74. The van der Waals surface area contributed by atoms with Crippen LogP contribution in [0.3, 0.4) is 0 Å². The van der Waals surface area contributed by atoms with Gasteiger partial charge < -0.3 is 15.2 Å². The van der Waals surface area contributed by atoms with E-state index < -0.39 is 5.60 Å². The lowest BCUT2D eigenvalue weighted by Gasteiger charge is -2.33. The van der Waals surface area contributed by atoms with Gasteiger partial charge in [-0.1, -0.05) is 25.3 Å². The van der Waals surface area contributed by atoms with Gasteiger partial charge in [-0.05, 0) is 31.9 Å². The number of nitrogens with one attached hydrogen (secondary N) is 1. The summed E-state index contributed by atoms with van der Waals surface area (Å²) >= 11 is 0. The summed E-state index contributed by atoms with van der Waals surface area (Å²) < 4.78 is 19.2. The Bertz CT molecular complexity index is 444. The molecule has 0 saturated heterocycles. The lowest BCUT2D eigenvalue weighted by atomic mass is 9.84. The van der Waals surface area contributed by atoms with Crippen molar-refractivity contribution in [3.8, 4) is 5.75 Å². The molecule has 1 aliphatic carbocycles. The molecule has 2 rings (SSSR count). The first kappa shape index (κ1) is 15.3. The molecule has 1 saturated carbocycles. The molecule has 1 aliphatic rings. The number of hydrogen-bond donors (Lipinski definition) is 2. The van der Waals surface area contributed by atoms with E-state index in [4.69, 9.17) is 4.74 Å². The largest absolute Gasteiger partial charge is 0.496 e. The highest BCUT2D eigenvalue weighted by Gasteiger charge is 2.29. The highest BCUT2D eigenvalue weighted by atomic mass is 19.1. The van der Waals surface area contributed by atoms with E-state index in [2.05, 4.69) is 5.32 Å². The molecule has 1 fully saturated rings. The molecule has 0 aliphatic heterocycles. The van der Waals surface area contributed by atoms with Gasteiger partial charge in [0.05, 0.1) is 12.7 Å². The molecule has 0 bridgehead atoms. The quantitative estimate of drug-likeness (QED) is 0.871. The minimum Gasteiger partial charge on any atom is -0.496 e. The molecule has 3 nitrogen and oxygen atoms in total. The van der Waals surface area contributed by atoms with Gasteiger partial charge in [-0.15, -0.1) is 0 Å². The van der Waals surface area contributed by atoms with Crippen molar-refractivity contribution in [1.82, 2.24) is 5.32 Å². The van der Waals surface area contributed by atoms with Crippen LogP contribution in [0.25, 0.3) is 0 Å². The van der Waals surface area contributed by atoms with Crippen molar-refractivity contribution >= 4 is 0 Å². The predicted octanol–water partition coefficient (Wildman–Crippen LogP) is 3.18. The van der Waals surface area contributed by atoms with Gasteiger partial charge >= 0.3 is 0 Å². The van der Waals surface area contributed by atoms with Crippen LogP contribution in [0.2, 0.25) is 0 Å². The van der Waals surface area contributed by atoms with E-state index in [0.29, 0.717) is 17.9 Å². The van der Waals surface area contributed by atoms with Crippen LogP contribution in [0.1, 0.15) is 50.6 Å². The van der Waals surface area contributed by atoms with Crippen LogP contribution >= 0.6 is 0 Å². The SMILES string of the molecule is COc1cccc(F)c1C(C)NCC1(O)CCCCC1. The van der Waals surface area contributed by atoms with Crippen LogP contribution in [0.5, 0.6) is 5.75 Å². The van der Waals surface area contributed by atoms with Crippen molar-refractivity contribution in [2.75, 3.05) is 13.7 Å². The maximum absolute atomic E-state index is 14.0. The molecule has 1 atom stereocenters. The van der Waals surface area contributed by atoms with Crippen molar-refractivity contribution in [2.24, 2.45) is 0 Å². The Balaban J connectivity index is 2.03. The Hall–Kier alpha value is -1.13. The predicted molar refractivity (Wildman–Crippen MR) is 77.4 cm³/mol. The van der Waals surface area contributed by atoms with Gasteiger partial charge in [0.1, 0.15) is 11.6 Å². The van der Waals surface area contributed by atoms with Crippen molar-refractivity contribution in [2.45, 2.75) is 50.7 Å². The van der Waals surface area contributed by atoms with Gasteiger partial charge in [-0.25, -0.2) is 4.39 Å². The third-order valence-corrected chi connectivity index (χ3v) is 4.19. The fourth-order valence-electron chi connectivity index (χ4n) is 2.95. The normalized spacial score (nSPS) is 19.6. The van der Waals surface area contributed by atoms with Gasteiger partial charge in [-0.2, -0.15) is 0 Å². The van der Waals surface area contributed by atoms with Crippen LogP contribution in [-0.2, 0) is 0 Å². The Morgan fingerprint density at radius 1 is 1.35 bits per heavy atom. The third kappa shape index (κ3) is 3.49. The second-order valence-electron chi connectivity index (χ2n) is 5.74. The summed E-state index contributed by atoms with van der Waals surface area (Å²) in [7, 11) is 1.54. The summed E-state index contributed by atoms with van der Waals surface area (Å²) in [6.07, 6.45) is 4.96. The van der Waals surface area contributed by atoms with E-state index in [1.165, 1.54) is 12.5 Å². The fourth-order valence-corrected chi connectivity index (χ4v) is 2.95. The zero-order valence-corrected chi connectivity index (χ0v) is 12.3. The lowest BCUT2D eigenvalue weighted by molar-refractivity contribution is 0.00286. The highest BCUT2D eigenvalue weighted by Crippen LogP contribution is 2.30. The van der Waals surface area contributed by atoms with Crippen LogP contribution < -0.4 is 10.1 Å². The summed E-state index contributed by atoms with van der Waals surface area (Å²) in [5, 5.41) is 13.7. The molecule has 1 aromatic rings. The number of benzene rings is 1. The monoisotopic (exact) mass is 281 g/mol. The molecule has 0 radical (unpaired) electrons. The van der Waals surface area contributed by atoms with Crippen molar-refractivity contribution < 1.29 is 14.2 Å². The lowest BCUT2D eigenvalue weighted by Crippen LogP contribution is -2.43. The molecule has 112 valence electrons. The average molecular weight is 281 g/mol. The Kier molecular flexibility index (Phi) is 5.00. The highest BCUT2D eigenvalue weighted by molar-refractivity contribution is 5.36. The fraction of sp³-hybridized carbons (Fsp3) is 0.625. The summed E-state index contributed by atoms with van der Waals surface area (Å²) in [6, 6.07) is 4.63. The molecule has 20 heavy (non-hydrogen) atoms. The molecular weight excluding hydrogens is 257 g/mol. The van der Waals surface area contributed by atoms with E-state index in [1.54, 1.807) is 19.2 Å². The van der Waals surface area contributed by atoms with E-state index in [1.807, 2.05) is 6.92 Å². The third-order valence-electron chi connectivity index (χ3n) is 4.19. The zero-order valence-electron chi connectivity index (χ0n) is 12.3. The number of aliphatic hydroxyl groups is 1. The van der Waals surface area contributed by atoms with E-state index in [9.17, 15) is 9.50 Å². The molecule has 0 heterocycles. The molecular formula is C16H24FNO2. The Morgan fingerprint density at radius 3 is 2.70 bits per heavy atom. The molecule has 1 aromatic carbocycles.